The summed E-state index contributed by atoms with van der Waals surface area (Å²) in [4.78, 5) is 35.2. The molecule has 0 N–H and O–H groups in total. The first-order chi connectivity index (χ1) is 15.1. The van der Waals surface area contributed by atoms with Crippen LogP contribution < -0.4 is 10.5 Å². The molecule has 158 valence electrons. The maximum Gasteiger partial charge on any atom is 0.263 e. The maximum absolute atomic E-state index is 13.4. The van der Waals surface area contributed by atoms with Crippen molar-refractivity contribution in [1.29, 1.82) is 5.26 Å². The minimum absolute atomic E-state index is 0.0285. The fourth-order valence-corrected chi connectivity index (χ4v) is 6.89. The molecule has 5 rings (SSSR count). The summed E-state index contributed by atoms with van der Waals surface area (Å²) in [5.74, 6) is 0.0285. The number of nitriles is 1. The first kappa shape index (κ1) is 20.3. The predicted molar refractivity (Wildman–Crippen MR) is 124 cm³/mol. The van der Waals surface area contributed by atoms with Crippen molar-refractivity contribution >= 4 is 44.9 Å². The van der Waals surface area contributed by atoms with Crippen LogP contribution in [0.1, 0.15) is 42.2 Å². The third-order valence-electron chi connectivity index (χ3n) is 5.95. The molecule has 1 unspecified atom stereocenters. The lowest BCUT2D eigenvalue weighted by Crippen LogP contribution is -2.29. The number of hydrogen-bond donors (Lipinski definition) is 0. The van der Waals surface area contributed by atoms with Crippen molar-refractivity contribution in [3.05, 3.63) is 50.6 Å². The van der Waals surface area contributed by atoms with Crippen LogP contribution in [0.15, 0.2) is 34.2 Å². The molecule has 1 aliphatic carbocycles. The average molecular weight is 451 g/mol. The smallest absolute Gasteiger partial charge is 0.263 e. The molecule has 0 radical (unpaired) electrons. The summed E-state index contributed by atoms with van der Waals surface area (Å²) >= 11 is 3.06. The van der Waals surface area contributed by atoms with E-state index in [1.54, 1.807) is 32.9 Å². The summed E-state index contributed by atoms with van der Waals surface area (Å²) in [7, 11) is 0. The van der Waals surface area contributed by atoms with Gasteiger partial charge in [-0.2, -0.15) is 5.26 Å². The van der Waals surface area contributed by atoms with Gasteiger partial charge in [-0.15, -0.1) is 11.3 Å². The van der Waals surface area contributed by atoms with Crippen molar-refractivity contribution < 1.29 is 4.79 Å². The molecular weight excluding hydrogens is 428 g/mol. The lowest BCUT2D eigenvalue weighted by Gasteiger charge is -2.17. The van der Waals surface area contributed by atoms with Crippen LogP contribution in [0.25, 0.3) is 10.2 Å². The molecule has 1 atom stereocenters. The number of nitrogens with zero attached hydrogens (tertiary/aromatic N) is 4. The number of aromatic nitrogens is 2. The van der Waals surface area contributed by atoms with Gasteiger partial charge in [-0.25, -0.2) is 4.98 Å². The fourth-order valence-electron chi connectivity index (χ4n) is 4.43. The van der Waals surface area contributed by atoms with Crippen LogP contribution in [0.2, 0.25) is 0 Å². The summed E-state index contributed by atoms with van der Waals surface area (Å²) in [6.45, 7) is 3.28. The Morgan fingerprint density at radius 2 is 2.06 bits per heavy atom. The maximum atomic E-state index is 13.4. The Kier molecular flexibility index (Phi) is 5.32. The minimum Gasteiger partial charge on any atom is -0.311 e. The summed E-state index contributed by atoms with van der Waals surface area (Å²) in [5.41, 5.74) is 2.62. The van der Waals surface area contributed by atoms with Gasteiger partial charge >= 0.3 is 0 Å². The SMILES string of the molecule is CCCn1c(SC2CCN(c3ccc(C#N)cc3)C2=O)nc2sc3c(c2c1=O)CCC3. The number of amides is 1. The van der Waals surface area contributed by atoms with E-state index in [1.807, 2.05) is 12.1 Å². The van der Waals surface area contributed by atoms with Crippen molar-refractivity contribution in [2.24, 2.45) is 0 Å². The first-order valence-corrected chi connectivity index (χ1v) is 12.3. The van der Waals surface area contributed by atoms with E-state index in [0.717, 1.165) is 41.6 Å². The lowest BCUT2D eigenvalue weighted by molar-refractivity contribution is -0.116. The van der Waals surface area contributed by atoms with Gasteiger partial charge in [-0.1, -0.05) is 18.7 Å². The van der Waals surface area contributed by atoms with E-state index in [4.69, 9.17) is 10.2 Å². The van der Waals surface area contributed by atoms with Crippen molar-refractivity contribution in [2.45, 2.75) is 56.0 Å². The Bertz CT molecular complexity index is 1270. The number of hydrogen-bond acceptors (Lipinski definition) is 6. The number of carbonyl (C=O) groups is 1. The summed E-state index contributed by atoms with van der Waals surface area (Å²) in [6, 6.07) is 9.19. The van der Waals surface area contributed by atoms with E-state index in [0.29, 0.717) is 30.2 Å². The molecular formula is C23H22N4O2S2. The number of rotatable bonds is 5. The monoisotopic (exact) mass is 450 g/mol. The summed E-state index contributed by atoms with van der Waals surface area (Å²) < 4.78 is 1.77. The highest BCUT2D eigenvalue weighted by atomic mass is 32.2. The van der Waals surface area contributed by atoms with Crippen LogP contribution in [0, 0.1) is 11.3 Å². The van der Waals surface area contributed by atoms with Gasteiger partial charge in [0.25, 0.3) is 5.56 Å². The Morgan fingerprint density at radius 3 is 2.81 bits per heavy atom. The van der Waals surface area contributed by atoms with Crippen LogP contribution in [0.3, 0.4) is 0 Å². The predicted octanol–water partition coefficient (Wildman–Crippen LogP) is 4.13. The summed E-state index contributed by atoms with van der Waals surface area (Å²) in [6.07, 6.45) is 4.65. The van der Waals surface area contributed by atoms with Gasteiger partial charge < -0.3 is 4.90 Å². The fraction of sp³-hybridized carbons (Fsp3) is 0.391. The molecule has 6 nitrogen and oxygen atoms in total. The third-order valence-corrected chi connectivity index (χ3v) is 8.38. The molecule has 3 heterocycles. The van der Waals surface area contributed by atoms with Crippen LogP contribution in [0.4, 0.5) is 5.69 Å². The van der Waals surface area contributed by atoms with Crippen molar-refractivity contribution in [3.63, 3.8) is 0 Å². The van der Waals surface area contributed by atoms with Gasteiger partial charge in [-0.05, 0) is 61.9 Å². The zero-order valence-corrected chi connectivity index (χ0v) is 18.9. The molecule has 31 heavy (non-hydrogen) atoms. The van der Waals surface area contributed by atoms with Crippen molar-refractivity contribution in [2.75, 3.05) is 11.4 Å². The second-order valence-electron chi connectivity index (χ2n) is 7.93. The number of anilines is 1. The largest absolute Gasteiger partial charge is 0.311 e. The van der Waals surface area contributed by atoms with E-state index in [-0.39, 0.29) is 16.7 Å². The van der Waals surface area contributed by atoms with Crippen LogP contribution in [-0.2, 0) is 24.2 Å². The van der Waals surface area contributed by atoms with Gasteiger partial charge in [0.1, 0.15) is 4.83 Å². The molecule has 1 aliphatic heterocycles. The van der Waals surface area contributed by atoms with E-state index < -0.39 is 0 Å². The number of thiophene rings is 1. The molecule has 0 saturated carbocycles. The van der Waals surface area contributed by atoms with Gasteiger partial charge in [-0.3, -0.25) is 14.2 Å². The molecule has 8 heteroatoms. The minimum atomic E-state index is -0.269. The molecule has 1 amide bonds. The van der Waals surface area contributed by atoms with E-state index in [1.165, 1.54) is 22.2 Å². The quantitative estimate of drug-likeness (QED) is 0.546. The first-order valence-electron chi connectivity index (χ1n) is 10.6. The second kappa shape index (κ2) is 8.13. The van der Waals surface area contributed by atoms with E-state index >= 15 is 0 Å². The zero-order chi connectivity index (χ0) is 21.5. The molecule has 2 aliphatic rings. The highest BCUT2D eigenvalue weighted by Gasteiger charge is 2.35. The molecule has 2 aromatic heterocycles. The lowest BCUT2D eigenvalue weighted by atomic mass is 10.2. The van der Waals surface area contributed by atoms with E-state index in [2.05, 4.69) is 13.0 Å². The number of benzene rings is 1. The van der Waals surface area contributed by atoms with Gasteiger partial charge in [0.2, 0.25) is 5.91 Å². The van der Waals surface area contributed by atoms with Gasteiger partial charge in [0, 0.05) is 23.7 Å². The normalized spacial score (nSPS) is 18.0. The Labute approximate surface area is 188 Å². The molecule has 1 fully saturated rings. The molecule has 0 spiro atoms. The molecule has 1 saturated heterocycles. The highest BCUT2D eigenvalue weighted by Crippen LogP contribution is 2.37. The zero-order valence-electron chi connectivity index (χ0n) is 17.3. The molecule has 1 aromatic carbocycles. The second-order valence-corrected chi connectivity index (χ2v) is 10.2. The van der Waals surface area contributed by atoms with Crippen molar-refractivity contribution in [3.8, 4) is 6.07 Å². The van der Waals surface area contributed by atoms with E-state index in [9.17, 15) is 9.59 Å². The number of carbonyl (C=O) groups excluding carboxylic acids is 1. The third kappa shape index (κ3) is 3.46. The Balaban J connectivity index is 1.46. The Morgan fingerprint density at radius 1 is 1.26 bits per heavy atom. The van der Waals surface area contributed by atoms with Crippen LogP contribution in [0.5, 0.6) is 0 Å². The number of thioether (sulfide) groups is 1. The topological polar surface area (TPSA) is 79.0 Å². The van der Waals surface area contributed by atoms with Crippen LogP contribution in [-0.4, -0.2) is 27.3 Å². The molecule has 3 aromatic rings. The van der Waals surface area contributed by atoms with Gasteiger partial charge in [0.05, 0.1) is 22.3 Å². The standard InChI is InChI=1S/C23H22N4O2S2/c1-2-11-27-22(29)19-16-4-3-5-17(16)30-20(19)25-23(27)31-18-10-12-26(21(18)28)15-8-6-14(13-24)7-9-15/h6-9,18H,2-5,10-12H2,1H3. The summed E-state index contributed by atoms with van der Waals surface area (Å²) in [5, 5.41) is 10.2. The van der Waals surface area contributed by atoms with Gasteiger partial charge in [0.15, 0.2) is 5.16 Å². The highest BCUT2D eigenvalue weighted by molar-refractivity contribution is 8.00. The number of fused-ring (bicyclic) bond motifs is 3. The van der Waals surface area contributed by atoms with Crippen LogP contribution >= 0.6 is 23.1 Å². The van der Waals surface area contributed by atoms with Crippen molar-refractivity contribution in [1.82, 2.24) is 9.55 Å². The average Bonchev–Trinajstić information content (AvgIpc) is 3.46. The molecule has 0 bridgehead atoms. The number of aryl methyl sites for hydroxylation is 2. The Hall–Kier alpha value is -2.63.